The Bertz CT molecular complexity index is 3010. The molecule has 0 bridgehead atoms. The second-order valence-electron chi connectivity index (χ2n) is 14.5. The summed E-state index contributed by atoms with van der Waals surface area (Å²) >= 11 is 0. The molecular formula is C49H36N4OSi. The molecule has 55 heavy (non-hydrogen) atoms. The van der Waals surface area contributed by atoms with Crippen LogP contribution in [0, 0.1) is 0 Å². The number of nitrogens with zero attached hydrogens (tertiary/aromatic N) is 4. The van der Waals surface area contributed by atoms with Crippen molar-refractivity contribution in [1.29, 1.82) is 0 Å². The van der Waals surface area contributed by atoms with Crippen LogP contribution in [0.2, 0.25) is 0 Å². The maximum absolute atomic E-state index is 6.45. The lowest BCUT2D eigenvalue weighted by Crippen LogP contribution is -2.74. The van der Waals surface area contributed by atoms with E-state index in [0.29, 0.717) is 0 Å². The van der Waals surface area contributed by atoms with Crippen LogP contribution in [0.25, 0.3) is 49.6 Å². The van der Waals surface area contributed by atoms with E-state index in [1.807, 2.05) is 18.3 Å². The first kappa shape index (κ1) is 31.6. The van der Waals surface area contributed by atoms with Gasteiger partial charge in [0.15, 0.2) is 8.07 Å². The minimum atomic E-state index is -2.96. The second kappa shape index (κ2) is 12.3. The molecule has 0 atom stereocenters. The summed E-state index contributed by atoms with van der Waals surface area (Å²) in [6.45, 7) is 0.793. The predicted octanol–water partition coefficient (Wildman–Crippen LogP) is 9.00. The van der Waals surface area contributed by atoms with Crippen molar-refractivity contribution in [2.75, 3.05) is 23.5 Å². The minimum Gasteiger partial charge on any atom is -0.456 e. The van der Waals surface area contributed by atoms with Gasteiger partial charge in [0.05, 0.1) is 34.5 Å². The van der Waals surface area contributed by atoms with Gasteiger partial charge >= 0.3 is 0 Å². The van der Waals surface area contributed by atoms with Gasteiger partial charge in [-0.15, -0.1) is 0 Å². The van der Waals surface area contributed by atoms with Crippen molar-refractivity contribution in [3.8, 4) is 5.82 Å². The van der Waals surface area contributed by atoms with Gasteiger partial charge in [-0.3, -0.25) is 4.57 Å². The molecule has 0 unspecified atom stereocenters. The molecular weight excluding hydrogens is 689 g/mol. The van der Waals surface area contributed by atoms with Gasteiger partial charge in [0.1, 0.15) is 17.0 Å². The molecule has 0 aliphatic carbocycles. The van der Waals surface area contributed by atoms with Crippen LogP contribution in [0.15, 0.2) is 193 Å². The van der Waals surface area contributed by atoms with E-state index >= 15 is 0 Å². The van der Waals surface area contributed by atoms with Crippen molar-refractivity contribution in [2.24, 2.45) is 0 Å². The second-order valence-corrected chi connectivity index (χ2v) is 18.3. The Labute approximate surface area is 320 Å². The number of aromatic nitrogens is 2. The number of hydrogen-bond donors (Lipinski definition) is 0. The third kappa shape index (κ3) is 4.68. The molecule has 1 aliphatic heterocycles. The number of fused-ring (bicyclic) bond motifs is 8. The maximum Gasteiger partial charge on any atom is 0.179 e. The van der Waals surface area contributed by atoms with Gasteiger partial charge in [0.2, 0.25) is 0 Å². The summed E-state index contributed by atoms with van der Waals surface area (Å²) in [5.74, 6) is 0.878. The zero-order valence-electron chi connectivity index (χ0n) is 30.3. The average molecular weight is 725 g/mol. The van der Waals surface area contributed by atoms with Crippen molar-refractivity contribution in [2.45, 2.75) is 0 Å². The van der Waals surface area contributed by atoms with E-state index in [1.165, 1.54) is 48.6 Å². The smallest absolute Gasteiger partial charge is 0.179 e. The van der Waals surface area contributed by atoms with Gasteiger partial charge in [-0.25, -0.2) is 4.98 Å². The quantitative estimate of drug-likeness (QED) is 0.127. The highest BCUT2D eigenvalue weighted by Crippen LogP contribution is 2.41. The van der Waals surface area contributed by atoms with Crippen LogP contribution in [0.5, 0.6) is 0 Å². The Morgan fingerprint density at radius 1 is 0.527 bits per heavy atom. The van der Waals surface area contributed by atoms with E-state index in [-0.39, 0.29) is 0 Å². The van der Waals surface area contributed by atoms with Gasteiger partial charge in [-0.2, -0.15) is 0 Å². The number of anilines is 3. The Morgan fingerprint density at radius 3 is 1.98 bits per heavy atom. The van der Waals surface area contributed by atoms with Crippen LogP contribution in [-0.2, 0) is 0 Å². The first-order valence-corrected chi connectivity index (χ1v) is 20.8. The lowest BCUT2D eigenvalue weighted by Gasteiger charge is -2.35. The summed E-state index contributed by atoms with van der Waals surface area (Å²) in [6, 6.07) is 66.5. The van der Waals surface area contributed by atoms with Crippen molar-refractivity contribution < 1.29 is 4.42 Å². The highest BCUT2D eigenvalue weighted by molar-refractivity contribution is 7.20. The molecule has 0 radical (unpaired) electrons. The number of rotatable bonds is 6. The van der Waals surface area contributed by atoms with Gasteiger partial charge < -0.3 is 14.2 Å². The first-order valence-electron chi connectivity index (χ1n) is 18.8. The van der Waals surface area contributed by atoms with Crippen molar-refractivity contribution in [3.05, 3.63) is 188 Å². The summed E-state index contributed by atoms with van der Waals surface area (Å²) in [6.07, 6.45) is 1.89. The largest absolute Gasteiger partial charge is 0.456 e. The molecule has 262 valence electrons. The number of hydrogen-bond acceptors (Lipinski definition) is 4. The van der Waals surface area contributed by atoms with Crippen LogP contribution in [0.1, 0.15) is 0 Å². The third-order valence-electron chi connectivity index (χ3n) is 11.5. The summed E-state index contributed by atoms with van der Waals surface area (Å²) in [5.41, 5.74) is 7.66. The molecule has 5 nitrogen and oxygen atoms in total. The minimum absolute atomic E-state index is 0.793. The molecule has 11 rings (SSSR count). The molecule has 3 aromatic heterocycles. The van der Waals surface area contributed by atoms with Crippen LogP contribution in [-0.4, -0.2) is 31.3 Å². The zero-order valence-corrected chi connectivity index (χ0v) is 31.3. The fourth-order valence-corrected chi connectivity index (χ4v) is 13.9. The summed E-state index contributed by atoms with van der Waals surface area (Å²) in [4.78, 5) is 9.74. The SMILES string of the molecule is CN1CN(c2cccc([Si](c3ccccc3)(c3ccccc3)c3ccc4c5ccc6oc7ccccc7c6c5n(-c5ccccn5)c4c3)c2)c2ccccc21. The van der Waals surface area contributed by atoms with E-state index in [1.54, 1.807) is 0 Å². The average Bonchev–Trinajstić information content (AvgIpc) is 3.91. The standard InChI is InChI=1S/C49H36N4OSi/c1-51-33-52(43-23-10-9-22-42(43)51)34-15-14-20-37(31-34)55(35-16-4-2-5-17-35,36-18-6-3-7-19-36)38-26-27-39-40-28-29-46-48(41-21-8-11-24-45(41)54-46)49(40)53(44(39)32-38)47-25-12-13-30-50-47/h2-32H,33H2,1H3. The molecule has 4 heterocycles. The van der Waals surface area contributed by atoms with E-state index in [4.69, 9.17) is 9.40 Å². The van der Waals surface area contributed by atoms with Crippen LogP contribution < -0.4 is 30.5 Å². The fraction of sp³-hybridized carbons (Fsp3) is 0.0408. The monoisotopic (exact) mass is 724 g/mol. The Hall–Kier alpha value is -6.89. The number of benzene rings is 7. The molecule has 7 aromatic carbocycles. The Balaban J connectivity index is 1.24. The molecule has 0 fully saturated rings. The van der Waals surface area contributed by atoms with Crippen LogP contribution >= 0.6 is 0 Å². The third-order valence-corrected chi connectivity index (χ3v) is 16.3. The normalized spacial score (nSPS) is 13.0. The highest BCUT2D eigenvalue weighted by Gasteiger charge is 2.42. The maximum atomic E-state index is 6.45. The van der Waals surface area contributed by atoms with Crippen molar-refractivity contribution in [3.63, 3.8) is 0 Å². The van der Waals surface area contributed by atoms with Gasteiger partial charge in [0.25, 0.3) is 0 Å². The summed E-state index contributed by atoms with van der Waals surface area (Å²) < 4.78 is 8.81. The lowest BCUT2D eigenvalue weighted by molar-refractivity contribution is 0.669. The Morgan fingerprint density at radius 2 is 1.20 bits per heavy atom. The molecule has 0 saturated carbocycles. The topological polar surface area (TPSA) is 37.4 Å². The van der Waals surface area contributed by atoms with Gasteiger partial charge in [0, 0.05) is 35.1 Å². The van der Waals surface area contributed by atoms with E-state index < -0.39 is 8.07 Å². The molecule has 10 aromatic rings. The van der Waals surface area contributed by atoms with E-state index in [0.717, 1.165) is 45.5 Å². The van der Waals surface area contributed by atoms with Gasteiger partial charge in [-0.1, -0.05) is 121 Å². The number of para-hydroxylation sites is 3. The van der Waals surface area contributed by atoms with E-state index in [2.05, 4.69) is 191 Å². The fourth-order valence-electron chi connectivity index (χ4n) is 9.15. The number of pyridine rings is 1. The molecule has 6 heteroatoms. The first-order chi connectivity index (χ1) is 27.2. The predicted molar refractivity (Wildman–Crippen MR) is 231 cm³/mol. The zero-order chi connectivity index (χ0) is 36.5. The van der Waals surface area contributed by atoms with Crippen LogP contribution in [0.3, 0.4) is 0 Å². The Kier molecular flexibility index (Phi) is 7.09. The molecule has 0 amide bonds. The van der Waals surface area contributed by atoms with Crippen molar-refractivity contribution in [1.82, 2.24) is 9.55 Å². The molecule has 0 spiro atoms. The highest BCUT2D eigenvalue weighted by atomic mass is 28.3. The lowest BCUT2D eigenvalue weighted by atomic mass is 10.1. The van der Waals surface area contributed by atoms with Crippen molar-refractivity contribution >= 4 is 89.6 Å². The van der Waals surface area contributed by atoms with Crippen LogP contribution in [0.4, 0.5) is 17.1 Å². The molecule has 0 N–H and O–H groups in total. The molecule has 1 aliphatic rings. The summed E-state index contributed by atoms with van der Waals surface area (Å²) in [5, 5.41) is 9.88. The van der Waals surface area contributed by atoms with E-state index in [9.17, 15) is 0 Å². The number of furan rings is 1. The molecule has 0 saturated heterocycles. The summed E-state index contributed by atoms with van der Waals surface area (Å²) in [7, 11) is -0.785. The van der Waals surface area contributed by atoms with Gasteiger partial charge in [-0.05, 0) is 81.4 Å².